The number of Topliss-reactive ketones (excluding diaryl/α,β-unsaturated/α-hetero) is 1. The summed E-state index contributed by atoms with van der Waals surface area (Å²) in [5.74, 6) is -0.675. The fraction of sp³-hybridized carbons (Fsp3) is 0.174. The van der Waals surface area contributed by atoms with Gasteiger partial charge in [0, 0.05) is 11.3 Å². The Morgan fingerprint density at radius 3 is 2.15 bits per heavy atom. The number of rotatable bonds is 6. The lowest BCUT2D eigenvalue weighted by Crippen LogP contribution is -2.12. The van der Waals surface area contributed by atoms with Crippen LogP contribution >= 0.6 is 0 Å². The first-order chi connectivity index (χ1) is 12.3. The quantitative estimate of drug-likeness (QED) is 0.352. The van der Waals surface area contributed by atoms with Crippen molar-refractivity contribution >= 4 is 22.9 Å². The summed E-state index contributed by atoms with van der Waals surface area (Å²) in [6.07, 6.45) is 2.71. The summed E-state index contributed by atoms with van der Waals surface area (Å²) in [6.45, 7) is 6.95. The van der Waals surface area contributed by atoms with Gasteiger partial charge in [-0.25, -0.2) is 0 Å². The first-order valence-corrected chi connectivity index (χ1v) is 8.47. The van der Waals surface area contributed by atoms with Crippen molar-refractivity contribution in [2.75, 3.05) is 0 Å². The minimum Gasteiger partial charge on any atom is -0.306 e. The lowest BCUT2D eigenvalue weighted by atomic mass is 9.86. The molecule has 0 fully saturated rings. The van der Waals surface area contributed by atoms with E-state index in [9.17, 15) is 9.59 Å². The molecular weight excluding hydrogens is 322 g/mol. The van der Waals surface area contributed by atoms with Crippen LogP contribution in [0.2, 0.25) is 0 Å². The third kappa shape index (κ3) is 4.51. The maximum absolute atomic E-state index is 12.8. The van der Waals surface area contributed by atoms with Crippen LogP contribution in [0.4, 0.5) is 0 Å². The molecule has 0 radical (unpaired) electrons. The topological polar surface area (TPSA) is 58.0 Å². The number of carbonyl (C=O) groups excluding carboxylic acids is 2. The van der Waals surface area contributed by atoms with Crippen LogP contribution in [0.25, 0.3) is 5.57 Å². The van der Waals surface area contributed by atoms with E-state index in [-0.39, 0.29) is 22.9 Å². The minimum atomic E-state index is -0.385. The Morgan fingerprint density at radius 2 is 1.58 bits per heavy atom. The summed E-state index contributed by atoms with van der Waals surface area (Å²) in [6, 6.07) is 15.5. The van der Waals surface area contributed by atoms with Crippen LogP contribution in [0, 0.1) is 19.3 Å². The van der Waals surface area contributed by atoms with Gasteiger partial charge in [-0.1, -0.05) is 54.1 Å². The van der Waals surface area contributed by atoms with Crippen molar-refractivity contribution in [1.82, 2.24) is 0 Å². The second-order valence-electron chi connectivity index (χ2n) is 6.37. The summed E-state index contributed by atoms with van der Waals surface area (Å²) in [7, 11) is 0. The van der Waals surface area contributed by atoms with Gasteiger partial charge in [0.1, 0.15) is 0 Å². The molecule has 0 bridgehead atoms. The van der Waals surface area contributed by atoms with Crippen LogP contribution in [-0.4, -0.2) is 17.3 Å². The molecule has 2 aromatic carbocycles. The Morgan fingerprint density at radius 1 is 0.923 bits per heavy atom. The largest absolute Gasteiger partial charge is 0.306 e. The van der Waals surface area contributed by atoms with Gasteiger partial charge in [-0.2, -0.15) is 0 Å². The maximum atomic E-state index is 12.8. The van der Waals surface area contributed by atoms with Crippen molar-refractivity contribution in [3.05, 3.63) is 88.5 Å². The van der Waals surface area contributed by atoms with Crippen molar-refractivity contribution in [3.63, 3.8) is 0 Å². The van der Waals surface area contributed by atoms with E-state index in [4.69, 9.17) is 5.41 Å². The zero-order valence-electron chi connectivity index (χ0n) is 15.6. The van der Waals surface area contributed by atoms with Crippen molar-refractivity contribution < 1.29 is 9.59 Å². The number of hydrogen-bond donors (Lipinski definition) is 1. The Bertz CT molecular complexity index is 918. The summed E-state index contributed by atoms with van der Waals surface area (Å²) in [5, 5.41) is 7.49. The molecule has 3 nitrogen and oxygen atoms in total. The molecule has 0 aliphatic rings. The first-order valence-electron chi connectivity index (χ1n) is 8.47. The summed E-state index contributed by atoms with van der Waals surface area (Å²) in [5.41, 5.74) is 4.77. The second kappa shape index (κ2) is 8.34. The van der Waals surface area contributed by atoms with Crippen molar-refractivity contribution in [2.45, 2.75) is 27.7 Å². The van der Waals surface area contributed by atoms with E-state index in [1.54, 1.807) is 6.92 Å². The van der Waals surface area contributed by atoms with E-state index in [1.807, 2.05) is 62.4 Å². The highest BCUT2D eigenvalue weighted by molar-refractivity contribution is 6.29. The first kappa shape index (κ1) is 19.3. The van der Waals surface area contributed by atoms with Gasteiger partial charge < -0.3 is 5.41 Å². The lowest BCUT2D eigenvalue weighted by Gasteiger charge is -2.16. The number of allylic oxidation sites excluding steroid dienone is 3. The molecule has 0 atom stereocenters. The van der Waals surface area contributed by atoms with E-state index in [1.165, 1.54) is 19.1 Å². The molecule has 0 aromatic heterocycles. The Hall–Kier alpha value is -3.07. The van der Waals surface area contributed by atoms with Crippen LogP contribution in [0.3, 0.4) is 0 Å². The van der Waals surface area contributed by atoms with Crippen molar-refractivity contribution in [1.29, 1.82) is 5.41 Å². The van der Waals surface area contributed by atoms with Gasteiger partial charge in [0.25, 0.3) is 0 Å². The summed E-state index contributed by atoms with van der Waals surface area (Å²) >= 11 is 0. The maximum Gasteiger partial charge on any atom is 0.190 e. The van der Waals surface area contributed by atoms with E-state index >= 15 is 0 Å². The van der Waals surface area contributed by atoms with Crippen molar-refractivity contribution in [2.24, 2.45) is 0 Å². The fourth-order valence-corrected chi connectivity index (χ4v) is 2.80. The highest BCUT2D eigenvalue weighted by Crippen LogP contribution is 2.31. The molecule has 0 saturated heterocycles. The molecule has 2 rings (SSSR count). The molecule has 26 heavy (non-hydrogen) atoms. The fourth-order valence-electron chi connectivity index (χ4n) is 2.80. The molecule has 0 spiro atoms. The molecule has 3 heteroatoms. The number of benzene rings is 2. The molecule has 0 saturated carbocycles. The Kier molecular flexibility index (Phi) is 6.18. The molecule has 0 aliphatic heterocycles. The van der Waals surface area contributed by atoms with Gasteiger partial charge in [-0.3, -0.25) is 9.59 Å². The minimum absolute atomic E-state index is 0.141. The SMILES string of the molecule is CC(=N)/C=C/C(=O)/C(C(C)=O)=C(\c1ccccc1)c1cc(C)ccc1C. The zero-order valence-corrected chi connectivity index (χ0v) is 15.6. The average Bonchev–Trinajstić information content (AvgIpc) is 2.60. The third-order valence-electron chi connectivity index (χ3n) is 4.06. The van der Waals surface area contributed by atoms with E-state index in [0.29, 0.717) is 5.57 Å². The van der Waals surface area contributed by atoms with Crippen LogP contribution in [0.15, 0.2) is 66.3 Å². The van der Waals surface area contributed by atoms with Crippen LogP contribution in [0.1, 0.15) is 36.1 Å². The summed E-state index contributed by atoms with van der Waals surface area (Å²) in [4.78, 5) is 25.3. The van der Waals surface area contributed by atoms with Gasteiger partial charge in [-0.15, -0.1) is 0 Å². The van der Waals surface area contributed by atoms with Crippen LogP contribution in [-0.2, 0) is 9.59 Å². The van der Waals surface area contributed by atoms with Crippen LogP contribution < -0.4 is 0 Å². The summed E-state index contributed by atoms with van der Waals surface area (Å²) < 4.78 is 0. The number of nitrogens with one attached hydrogen (secondary N) is 1. The monoisotopic (exact) mass is 345 g/mol. The number of hydrogen-bond acceptors (Lipinski definition) is 3. The standard InChI is InChI=1S/C23H23NO2/c1-15-10-11-16(2)20(14-15)23(19-8-6-5-7-9-19)22(18(4)25)21(26)13-12-17(3)24/h5-14,24H,1-4H3/b13-12+,23-22+,24-17?. The average molecular weight is 345 g/mol. The molecule has 1 N–H and O–H groups in total. The predicted molar refractivity (Wildman–Crippen MR) is 107 cm³/mol. The zero-order chi connectivity index (χ0) is 19.3. The van der Waals surface area contributed by atoms with Crippen LogP contribution in [0.5, 0.6) is 0 Å². The van der Waals surface area contributed by atoms with Gasteiger partial charge in [0.05, 0.1) is 5.57 Å². The molecule has 0 heterocycles. The van der Waals surface area contributed by atoms with E-state index in [0.717, 1.165) is 22.3 Å². The molecule has 0 amide bonds. The Labute approximate surface area is 154 Å². The molecular formula is C23H23NO2. The number of aryl methyl sites for hydroxylation is 2. The molecule has 2 aromatic rings. The van der Waals surface area contributed by atoms with E-state index < -0.39 is 0 Å². The molecule has 132 valence electrons. The second-order valence-corrected chi connectivity index (χ2v) is 6.37. The smallest absolute Gasteiger partial charge is 0.190 e. The number of ketones is 2. The van der Waals surface area contributed by atoms with Gasteiger partial charge >= 0.3 is 0 Å². The Balaban J connectivity index is 2.85. The predicted octanol–water partition coefficient (Wildman–Crippen LogP) is 4.86. The van der Waals surface area contributed by atoms with E-state index in [2.05, 4.69) is 0 Å². The lowest BCUT2D eigenvalue weighted by molar-refractivity contribution is -0.118. The van der Waals surface area contributed by atoms with Gasteiger partial charge in [0.2, 0.25) is 0 Å². The van der Waals surface area contributed by atoms with Crippen molar-refractivity contribution in [3.8, 4) is 0 Å². The third-order valence-corrected chi connectivity index (χ3v) is 4.06. The highest BCUT2D eigenvalue weighted by Gasteiger charge is 2.22. The van der Waals surface area contributed by atoms with Gasteiger partial charge in [-0.05, 0) is 56.5 Å². The molecule has 0 unspecified atom stereocenters. The normalized spacial score (nSPS) is 12.0. The van der Waals surface area contributed by atoms with Gasteiger partial charge in [0.15, 0.2) is 11.6 Å². The molecule has 0 aliphatic carbocycles. The highest BCUT2D eigenvalue weighted by atomic mass is 16.1. The number of carbonyl (C=O) groups is 2.